The third kappa shape index (κ3) is 2.03. The molecular weight excluding hydrogens is 190 g/mol. The van der Waals surface area contributed by atoms with Crippen molar-refractivity contribution in [1.82, 2.24) is 4.90 Å². The third-order valence-electron chi connectivity index (χ3n) is 4.11. The lowest BCUT2D eigenvalue weighted by Crippen LogP contribution is -2.53. The normalized spacial score (nSPS) is 42.3. The van der Waals surface area contributed by atoms with Gasteiger partial charge in [0.1, 0.15) is 0 Å². The van der Waals surface area contributed by atoms with Crippen LogP contribution in [0.2, 0.25) is 0 Å². The average molecular weight is 211 g/mol. The maximum Gasteiger partial charge on any atom is 0.310 e. The lowest BCUT2D eigenvalue weighted by Gasteiger charge is -2.47. The van der Waals surface area contributed by atoms with Gasteiger partial charge in [-0.25, -0.2) is 0 Å². The second kappa shape index (κ2) is 3.78. The molecule has 0 aromatic carbocycles. The number of likely N-dealkylation sites (tertiary alicyclic amines) is 1. The van der Waals surface area contributed by atoms with Crippen LogP contribution >= 0.6 is 0 Å². The number of rotatable bonds is 2. The van der Waals surface area contributed by atoms with Crippen molar-refractivity contribution in [2.45, 2.75) is 45.6 Å². The highest BCUT2D eigenvalue weighted by Gasteiger charge is 2.41. The predicted molar refractivity (Wildman–Crippen MR) is 58.7 cm³/mol. The number of hydrogen-bond acceptors (Lipinski definition) is 2. The molecule has 0 amide bonds. The number of carboxylic acids is 1. The molecule has 0 aromatic heterocycles. The van der Waals surface area contributed by atoms with Gasteiger partial charge in [0.15, 0.2) is 0 Å². The Morgan fingerprint density at radius 2 is 2.13 bits per heavy atom. The number of carbonyl (C=O) groups is 1. The van der Waals surface area contributed by atoms with Gasteiger partial charge in [-0.05, 0) is 45.1 Å². The molecule has 0 spiro atoms. The first-order chi connectivity index (χ1) is 7.01. The predicted octanol–water partition coefficient (Wildman–Crippen LogP) is 1.97. The summed E-state index contributed by atoms with van der Waals surface area (Å²) in [5, 5.41) is 9.21. The second-order valence-electron chi connectivity index (χ2n) is 5.67. The zero-order valence-corrected chi connectivity index (χ0v) is 9.70. The third-order valence-corrected chi connectivity index (χ3v) is 4.11. The molecule has 3 heteroatoms. The van der Waals surface area contributed by atoms with Crippen molar-refractivity contribution < 1.29 is 9.90 Å². The van der Waals surface area contributed by atoms with E-state index in [9.17, 15) is 9.90 Å². The summed E-state index contributed by atoms with van der Waals surface area (Å²) in [5.41, 5.74) is -0.503. The molecular formula is C12H21NO2. The molecule has 2 rings (SSSR count). The molecule has 1 aliphatic heterocycles. The summed E-state index contributed by atoms with van der Waals surface area (Å²) < 4.78 is 0. The van der Waals surface area contributed by atoms with Crippen molar-refractivity contribution in [3.05, 3.63) is 0 Å². The molecule has 1 unspecified atom stereocenters. The SMILES string of the molecule is CC1CC(N2CCCC(C)(C(=O)O)C2)C1. The standard InChI is InChI=1S/C12H21NO2/c1-9-6-10(7-9)13-5-3-4-12(2,8-13)11(14)15/h9-10H,3-8H2,1-2H3,(H,14,15). The summed E-state index contributed by atoms with van der Waals surface area (Å²) in [6.45, 7) is 6.01. The molecule has 86 valence electrons. The largest absolute Gasteiger partial charge is 0.481 e. The molecule has 1 N–H and O–H groups in total. The van der Waals surface area contributed by atoms with Crippen LogP contribution in [0.5, 0.6) is 0 Å². The molecule has 1 saturated heterocycles. The van der Waals surface area contributed by atoms with Gasteiger partial charge in [-0.15, -0.1) is 0 Å². The van der Waals surface area contributed by atoms with Crippen molar-refractivity contribution in [2.24, 2.45) is 11.3 Å². The van der Waals surface area contributed by atoms with Gasteiger partial charge < -0.3 is 5.11 Å². The fourth-order valence-corrected chi connectivity index (χ4v) is 2.92. The van der Waals surface area contributed by atoms with Crippen molar-refractivity contribution in [3.8, 4) is 0 Å². The Labute approximate surface area is 91.5 Å². The smallest absolute Gasteiger partial charge is 0.310 e. The quantitative estimate of drug-likeness (QED) is 0.759. The van der Waals surface area contributed by atoms with Crippen molar-refractivity contribution in [2.75, 3.05) is 13.1 Å². The second-order valence-corrected chi connectivity index (χ2v) is 5.67. The molecule has 15 heavy (non-hydrogen) atoms. The van der Waals surface area contributed by atoms with Crippen LogP contribution < -0.4 is 0 Å². The van der Waals surface area contributed by atoms with Crippen molar-refractivity contribution in [3.63, 3.8) is 0 Å². The molecule has 0 radical (unpaired) electrons. The molecule has 2 fully saturated rings. The fraction of sp³-hybridized carbons (Fsp3) is 0.917. The van der Waals surface area contributed by atoms with Gasteiger partial charge in [0.05, 0.1) is 5.41 Å². The Morgan fingerprint density at radius 3 is 2.67 bits per heavy atom. The van der Waals surface area contributed by atoms with E-state index in [1.165, 1.54) is 12.8 Å². The van der Waals surface area contributed by atoms with E-state index in [-0.39, 0.29) is 0 Å². The summed E-state index contributed by atoms with van der Waals surface area (Å²) in [4.78, 5) is 13.6. The number of carboxylic acid groups (broad SMARTS) is 1. The Balaban J connectivity index is 1.95. The molecule has 0 bridgehead atoms. The molecule has 0 aromatic rings. The lowest BCUT2D eigenvalue weighted by atomic mass is 9.76. The molecule has 1 saturated carbocycles. The van der Waals surface area contributed by atoms with E-state index in [1.807, 2.05) is 6.92 Å². The van der Waals surface area contributed by atoms with Crippen LogP contribution in [-0.4, -0.2) is 35.1 Å². The van der Waals surface area contributed by atoms with Crippen LogP contribution in [0.3, 0.4) is 0 Å². The van der Waals surface area contributed by atoms with Crippen LogP contribution in [-0.2, 0) is 4.79 Å². The molecule has 1 atom stereocenters. The van der Waals surface area contributed by atoms with Gasteiger partial charge in [0.2, 0.25) is 0 Å². The van der Waals surface area contributed by atoms with Crippen molar-refractivity contribution >= 4 is 5.97 Å². The molecule has 3 nitrogen and oxygen atoms in total. The summed E-state index contributed by atoms with van der Waals surface area (Å²) in [6.07, 6.45) is 4.39. The Morgan fingerprint density at radius 1 is 1.47 bits per heavy atom. The first kappa shape index (κ1) is 10.9. The summed E-state index contributed by atoms with van der Waals surface area (Å²) in [7, 11) is 0. The van der Waals surface area contributed by atoms with Crippen LogP contribution in [0.4, 0.5) is 0 Å². The Kier molecular flexibility index (Phi) is 2.75. The van der Waals surface area contributed by atoms with E-state index in [0.29, 0.717) is 6.04 Å². The minimum Gasteiger partial charge on any atom is -0.481 e. The molecule has 1 aliphatic carbocycles. The van der Waals surface area contributed by atoms with E-state index in [0.717, 1.165) is 31.8 Å². The highest BCUT2D eigenvalue weighted by molar-refractivity contribution is 5.74. The van der Waals surface area contributed by atoms with E-state index < -0.39 is 11.4 Å². The van der Waals surface area contributed by atoms with Crippen LogP contribution in [0.25, 0.3) is 0 Å². The number of aliphatic carboxylic acids is 1. The van der Waals surface area contributed by atoms with Gasteiger partial charge in [0.25, 0.3) is 0 Å². The monoisotopic (exact) mass is 211 g/mol. The van der Waals surface area contributed by atoms with Crippen LogP contribution in [0.15, 0.2) is 0 Å². The van der Waals surface area contributed by atoms with E-state index in [4.69, 9.17) is 0 Å². The van der Waals surface area contributed by atoms with Gasteiger partial charge >= 0.3 is 5.97 Å². The van der Waals surface area contributed by atoms with Crippen LogP contribution in [0, 0.1) is 11.3 Å². The zero-order chi connectivity index (χ0) is 11.1. The first-order valence-electron chi connectivity index (χ1n) is 5.99. The number of hydrogen-bond donors (Lipinski definition) is 1. The van der Waals surface area contributed by atoms with E-state index in [2.05, 4.69) is 11.8 Å². The maximum absolute atomic E-state index is 11.2. The van der Waals surface area contributed by atoms with Gasteiger partial charge in [0, 0.05) is 12.6 Å². The summed E-state index contributed by atoms with van der Waals surface area (Å²) >= 11 is 0. The Bertz CT molecular complexity index is 260. The number of nitrogens with zero attached hydrogens (tertiary/aromatic N) is 1. The van der Waals surface area contributed by atoms with Gasteiger partial charge in [-0.1, -0.05) is 6.92 Å². The topological polar surface area (TPSA) is 40.5 Å². The summed E-state index contributed by atoms with van der Waals surface area (Å²) in [5.74, 6) is 0.215. The van der Waals surface area contributed by atoms with Gasteiger partial charge in [-0.2, -0.15) is 0 Å². The average Bonchev–Trinajstić information content (AvgIpc) is 2.13. The Hall–Kier alpha value is -0.570. The minimum absolute atomic E-state index is 0.503. The first-order valence-corrected chi connectivity index (χ1v) is 5.99. The van der Waals surface area contributed by atoms with E-state index >= 15 is 0 Å². The lowest BCUT2D eigenvalue weighted by molar-refractivity contribution is -0.152. The molecule has 2 aliphatic rings. The molecule has 1 heterocycles. The maximum atomic E-state index is 11.2. The zero-order valence-electron chi connectivity index (χ0n) is 9.70. The van der Waals surface area contributed by atoms with Crippen molar-refractivity contribution in [1.29, 1.82) is 0 Å². The fourth-order valence-electron chi connectivity index (χ4n) is 2.92. The highest BCUT2D eigenvalue weighted by Crippen LogP contribution is 2.37. The van der Waals surface area contributed by atoms with Crippen LogP contribution in [0.1, 0.15) is 39.5 Å². The summed E-state index contributed by atoms with van der Waals surface area (Å²) in [6, 6.07) is 0.666. The van der Waals surface area contributed by atoms with E-state index in [1.54, 1.807) is 0 Å². The van der Waals surface area contributed by atoms with Gasteiger partial charge in [-0.3, -0.25) is 9.69 Å². The highest BCUT2D eigenvalue weighted by atomic mass is 16.4. The number of piperidine rings is 1. The minimum atomic E-state index is -0.625.